The molecule has 2 atom stereocenters. The lowest BCUT2D eigenvalue weighted by molar-refractivity contribution is -0.153. The second-order valence-corrected chi connectivity index (χ2v) is 5.26. The van der Waals surface area contributed by atoms with Crippen molar-refractivity contribution in [3.8, 4) is 0 Å². The highest BCUT2D eigenvalue weighted by Crippen LogP contribution is 2.31. The van der Waals surface area contributed by atoms with Gasteiger partial charge < -0.3 is 14.4 Å². The van der Waals surface area contributed by atoms with Crippen LogP contribution in [0.3, 0.4) is 0 Å². The quantitative estimate of drug-likeness (QED) is 0.750. The van der Waals surface area contributed by atoms with Gasteiger partial charge in [-0.1, -0.05) is 20.3 Å². The van der Waals surface area contributed by atoms with Crippen LogP contribution in [0.15, 0.2) is 0 Å². The Morgan fingerprint density at radius 1 is 1.35 bits per heavy atom. The van der Waals surface area contributed by atoms with Crippen LogP contribution in [-0.4, -0.2) is 49.3 Å². The molecule has 2 saturated heterocycles. The molecule has 2 heterocycles. The Hall–Kier alpha value is -0.610. The number of carbonyl (C=O) groups excluding carboxylic acids is 1. The second kappa shape index (κ2) is 5.36. The molecule has 2 rings (SSSR count). The van der Waals surface area contributed by atoms with Crippen molar-refractivity contribution in [3.63, 3.8) is 0 Å². The number of rotatable bonds is 3. The number of morpholine rings is 1. The third-order valence-corrected chi connectivity index (χ3v) is 3.89. The molecule has 1 amide bonds. The highest BCUT2D eigenvalue weighted by atomic mass is 16.5. The van der Waals surface area contributed by atoms with E-state index in [4.69, 9.17) is 9.47 Å². The average molecular weight is 241 g/mol. The monoisotopic (exact) mass is 241 g/mol. The van der Waals surface area contributed by atoms with E-state index in [1.54, 1.807) is 0 Å². The molecule has 0 aromatic carbocycles. The van der Waals surface area contributed by atoms with Crippen LogP contribution in [-0.2, 0) is 14.3 Å². The summed E-state index contributed by atoms with van der Waals surface area (Å²) < 4.78 is 11.0. The molecule has 4 heteroatoms. The van der Waals surface area contributed by atoms with Gasteiger partial charge >= 0.3 is 0 Å². The van der Waals surface area contributed by atoms with Crippen molar-refractivity contribution < 1.29 is 14.3 Å². The molecule has 2 aliphatic heterocycles. The molecular formula is C13H23NO3. The van der Waals surface area contributed by atoms with E-state index in [2.05, 4.69) is 6.92 Å². The SMILES string of the molecule is CCCC(C)C(=O)N1CCOCC12CCOC2. The molecule has 17 heavy (non-hydrogen) atoms. The zero-order chi connectivity index (χ0) is 12.3. The number of ether oxygens (including phenoxy) is 2. The highest BCUT2D eigenvalue weighted by molar-refractivity contribution is 5.79. The predicted octanol–water partition coefficient (Wildman–Crippen LogP) is 1.44. The van der Waals surface area contributed by atoms with Crippen LogP contribution < -0.4 is 0 Å². The molecule has 0 radical (unpaired) electrons. The Kier molecular flexibility index (Phi) is 4.05. The first-order valence-electron chi connectivity index (χ1n) is 6.66. The van der Waals surface area contributed by atoms with Gasteiger partial charge in [-0.2, -0.15) is 0 Å². The van der Waals surface area contributed by atoms with Crippen molar-refractivity contribution in [1.82, 2.24) is 4.90 Å². The fourth-order valence-electron chi connectivity index (χ4n) is 2.82. The fraction of sp³-hybridized carbons (Fsp3) is 0.923. The molecule has 1 spiro atoms. The Balaban J connectivity index is 2.08. The van der Waals surface area contributed by atoms with Gasteiger partial charge in [-0.05, 0) is 12.8 Å². The van der Waals surface area contributed by atoms with Crippen molar-refractivity contribution in [2.75, 3.05) is 33.0 Å². The maximum absolute atomic E-state index is 12.5. The van der Waals surface area contributed by atoms with Crippen molar-refractivity contribution in [2.24, 2.45) is 5.92 Å². The average Bonchev–Trinajstić information content (AvgIpc) is 2.78. The first kappa shape index (κ1) is 12.8. The van der Waals surface area contributed by atoms with Gasteiger partial charge in [0, 0.05) is 19.1 Å². The molecule has 2 fully saturated rings. The maximum atomic E-state index is 12.5. The number of amides is 1. The minimum atomic E-state index is -0.169. The van der Waals surface area contributed by atoms with Gasteiger partial charge in [-0.25, -0.2) is 0 Å². The molecule has 0 N–H and O–H groups in total. The minimum Gasteiger partial charge on any atom is -0.379 e. The lowest BCUT2D eigenvalue weighted by Gasteiger charge is -2.44. The van der Waals surface area contributed by atoms with Gasteiger partial charge in [0.05, 0.1) is 25.4 Å². The number of carbonyl (C=O) groups is 1. The largest absolute Gasteiger partial charge is 0.379 e. The van der Waals surface area contributed by atoms with Gasteiger partial charge in [-0.15, -0.1) is 0 Å². The first-order chi connectivity index (χ1) is 8.19. The third-order valence-electron chi connectivity index (χ3n) is 3.89. The van der Waals surface area contributed by atoms with Crippen molar-refractivity contribution in [2.45, 2.75) is 38.6 Å². The van der Waals surface area contributed by atoms with E-state index in [9.17, 15) is 4.79 Å². The minimum absolute atomic E-state index is 0.121. The summed E-state index contributed by atoms with van der Waals surface area (Å²) in [7, 11) is 0. The summed E-state index contributed by atoms with van der Waals surface area (Å²) in [5.74, 6) is 0.399. The van der Waals surface area contributed by atoms with Crippen LogP contribution in [0.4, 0.5) is 0 Å². The van der Waals surface area contributed by atoms with Crippen molar-refractivity contribution in [1.29, 1.82) is 0 Å². The summed E-state index contributed by atoms with van der Waals surface area (Å²) in [5.41, 5.74) is -0.169. The van der Waals surface area contributed by atoms with E-state index >= 15 is 0 Å². The zero-order valence-corrected chi connectivity index (χ0v) is 10.9. The van der Waals surface area contributed by atoms with E-state index in [-0.39, 0.29) is 17.4 Å². The molecule has 0 saturated carbocycles. The van der Waals surface area contributed by atoms with Crippen molar-refractivity contribution >= 4 is 5.91 Å². The standard InChI is InChI=1S/C13H23NO3/c1-3-4-11(2)12(15)14-6-8-17-10-13(14)5-7-16-9-13/h11H,3-10H2,1-2H3. The maximum Gasteiger partial charge on any atom is 0.226 e. The Labute approximate surface area is 103 Å². The molecule has 4 nitrogen and oxygen atoms in total. The lowest BCUT2D eigenvalue weighted by Crippen LogP contribution is -2.60. The van der Waals surface area contributed by atoms with Gasteiger partial charge in [0.2, 0.25) is 5.91 Å². The van der Waals surface area contributed by atoms with Crippen LogP contribution in [0.2, 0.25) is 0 Å². The number of hydrogen-bond donors (Lipinski definition) is 0. The van der Waals surface area contributed by atoms with Crippen LogP contribution in [0.1, 0.15) is 33.1 Å². The summed E-state index contributed by atoms with van der Waals surface area (Å²) in [6.45, 7) is 7.55. The topological polar surface area (TPSA) is 38.8 Å². The molecule has 0 aromatic heterocycles. The van der Waals surface area contributed by atoms with E-state index < -0.39 is 0 Å². The van der Waals surface area contributed by atoms with Gasteiger partial charge in [-0.3, -0.25) is 4.79 Å². The summed E-state index contributed by atoms with van der Waals surface area (Å²) >= 11 is 0. The predicted molar refractivity (Wildman–Crippen MR) is 64.8 cm³/mol. The number of nitrogens with zero attached hydrogens (tertiary/aromatic N) is 1. The summed E-state index contributed by atoms with van der Waals surface area (Å²) in [4.78, 5) is 14.5. The van der Waals surface area contributed by atoms with Crippen LogP contribution >= 0.6 is 0 Å². The summed E-state index contributed by atoms with van der Waals surface area (Å²) in [5, 5.41) is 0. The van der Waals surface area contributed by atoms with E-state index in [0.717, 1.165) is 32.4 Å². The van der Waals surface area contributed by atoms with Gasteiger partial charge in [0.1, 0.15) is 0 Å². The Bertz CT molecular complexity index is 274. The summed E-state index contributed by atoms with van der Waals surface area (Å²) in [6, 6.07) is 0. The smallest absolute Gasteiger partial charge is 0.226 e. The zero-order valence-electron chi connectivity index (χ0n) is 10.9. The normalized spacial score (nSPS) is 30.8. The Morgan fingerprint density at radius 2 is 2.06 bits per heavy atom. The molecule has 2 unspecified atom stereocenters. The lowest BCUT2D eigenvalue weighted by atomic mass is 9.93. The molecule has 2 aliphatic rings. The molecule has 0 aromatic rings. The highest BCUT2D eigenvalue weighted by Gasteiger charge is 2.46. The van der Waals surface area contributed by atoms with Crippen molar-refractivity contribution in [3.05, 3.63) is 0 Å². The first-order valence-corrected chi connectivity index (χ1v) is 6.66. The molecule has 0 aliphatic carbocycles. The molecule has 98 valence electrons. The fourth-order valence-corrected chi connectivity index (χ4v) is 2.82. The van der Waals surface area contributed by atoms with Crippen LogP contribution in [0.25, 0.3) is 0 Å². The van der Waals surface area contributed by atoms with Crippen LogP contribution in [0.5, 0.6) is 0 Å². The Morgan fingerprint density at radius 3 is 2.71 bits per heavy atom. The molecular weight excluding hydrogens is 218 g/mol. The second-order valence-electron chi connectivity index (χ2n) is 5.26. The third kappa shape index (κ3) is 2.47. The van der Waals surface area contributed by atoms with Gasteiger partial charge in [0.25, 0.3) is 0 Å². The van der Waals surface area contributed by atoms with Crippen LogP contribution in [0, 0.1) is 5.92 Å². The summed E-state index contributed by atoms with van der Waals surface area (Å²) in [6.07, 6.45) is 2.94. The van der Waals surface area contributed by atoms with Gasteiger partial charge in [0.15, 0.2) is 0 Å². The van der Waals surface area contributed by atoms with E-state index in [0.29, 0.717) is 19.8 Å². The van der Waals surface area contributed by atoms with E-state index in [1.807, 2.05) is 11.8 Å². The van der Waals surface area contributed by atoms with E-state index in [1.165, 1.54) is 0 Å². The number of hydrogen-bond acceptors (Lipinski definition) is 3. The molecule has 0 bridgehead atoms.